The second-order valence-corrected chi connectivity index (χ2v) is 7.07. The molecule has 1 saturated heterocycles. The van der Waals surface area contributed by atoms with Crippen molar-refractivity contribution in [3.63, 3.8) is 0 Å². The lowest BCUT2D eigenvalue weighted by atomic mass is 9.96. The Balaban J connectivity index is 1.89. The van der Waals surface area contributed by atoms with Crippen molar-refractivity contribution in [2.45, 2.75) is 19.8 Å². The average molecular weight is 374 g/mol. The third kappa shape index (κ3) is 1.93. The van der Waals surface area contributed by atoms with Gasteiger partial charge >= 0.3 is 5.97 Å². The minimum Gasteiger partial charge on any atom is -0.465 e. The summed E-state index contributed by atoms with van der Waals surface area (Å²) in [6.45, 7) is 3.56. The number of ether oxygens (including phenoxy) is 1. The summed E-state index contributed by atoms with van der Waals surface area (Å²) in [5.41, 5.74) is -1.73. The van der Waals surface area contributed by atoms with Gasteiger partial charge in [-0.2, -0.15) is 5.26 Å². The number of carbonyl (C=O) groups excluding carboxylic acids is 3. The maximum Gasteiger partial charge on any atom is 0.324 e. The molecular formula is C22H18N2O4. The molecule has 1 heterocycles. The van der Waals surface area contributed by atoms with Crippen molar-refractivity contribution in [1.82, 2.24) is 0 Å². The van der Waals surface area contributed by atoms with Crippen LogP contribution in [0.25, 0.3) is 0 Å². The summed E-state index contributed by atoms with van der Waals surface area (Å²) >= 11 is 0. The highest BCUT2D eigenvalue weighted by molar-refractivity contribution is 6.37. The SMILES string of the molecule is CCOC(=O)C12C(=O)N(c3ccc(C)cc3)C(=O)C1(C#N)C2c1ccccc1. The van der Waals surface area contributed by atoms with Gasteiger partial charge in [-0.25, -0.2) is 4.90 Å². The zero-order chi connectivity index (χ0) is 20.1. The van der Waals surface area contributed by atoms with Crippen molar-refractivity contribution in [2.75, 3.05) is 11.5 Å². The van der Waals surface area contributed by atoms with Crippen LogP contribution in [-0.4, -0.2) is 24.4 Å². The zero-order valence-corrected chi connectivity index (χ0v) is 15.5. The van der Waals surface area contributed by atoms with Crippen molar-refractivity contribution in [3.05, 3.63) is 65.7 Å². The number of anilines is 1. The van der Waals surface area contributed by atoms with E-state index in [2.05, 4.69) is 0 Å². The Hall–Kier alpha value is -3.46. The van der Waals surface area contributed by atoms with Gasteiger partial charge in [0, 0.05) is 5.92 Å². The fraction of sp³-hybridized carbons (Fsp3) is 0.273. The highest BCUT2D eigenvalue weighted by Gasteiger charge is 2.95. The summed E-state index contributed by atoms with van der Waals surface area (Å²) in [4.78, 5) is 40.8. The highest BCUT2D eigenvalue weighted by Crippen LogP contribution is 2.79. The maximum absolute atomic E-state index is 13.5. The van der Waals surface area contributed by atoms with Gasteiger partial charge < -0.3 is 4.74 Å². The molecule has 0 radical (unpaired) electrons. The summed E-state index contributed by atoms with van der Waals surface area (Å²) < 4.78 is 5.18. The van der Waals surface area contributed by atoms with Gasteiger partial charge in [0.05, 0.1) is 18.4 Å². The van der Waals surface area contributed by atoms with Crippen molar-refractivity contribution in [2.24, 2.45) is 10.8 Å². The van der Waals surface area contributed by atoms with E-state index in [0.717, 1.165) is 10.5 Å². The van der Waals surface area contributed by atoms with Crippen molar-refractivity contribution in [1.29, 1.82) is 5.26 Å². The largest absolute Gasteiger partial charge is 0.465 e. The topological polar surface area (TPSA) is 87.5 Å². The molecule has 1 aliphatic heterocycles. The normalized spacial score (nSPS) is 27.9. The van der Waals surface area contributed by atoms with Crippen molar-refractivity contribution < 1.29 is 19.1 Å². The van der Waals surface area contributed by atoms with Crippen LogP contribution in [0.1, 0.15) is 24.0 Å². The molecule has 0 aromatic heterocycles. The van der Waals surface area contributed by atoms with Gasteiger partial charge in [0.25, 0.3) is 11.8 Å². The van der Waals surface area contributed by atoms with E-state index >= 15 is 0 Å². The van der Waals surface area contributed by atoms with Crippen LogP contribution in [0.3, 0.4) is 0 Å². The number of nitrogens with zero attached hydrogens (tertiary/aromatic N) is 2. The van der Waals surface area contributed by atoms with Crippen molar-refractivity contribution >= 4 is 23.5 Å². The highest BCUT2D eigenvalue weighted by atomic mass is 16.5. The predicted molar refractivity (Wildman–Crippen MR) is 100.0 cm³/mol. The molecule has 2 aromatic rings. The van der Waals surface area contributed by atoms with Crippen LogP contribution in [0.5, 0.6) is 0 Å². The minimum atomic E-state index is -1.85. The van der Waals surface area contributed by atoms with Gasteiger partial charge in [0.2, 0.25) is 0 Å². The molecule has 2 aromatic carbocycles. The fourth-order valence-electron chi connectivity index (χ4n) is 4.39. The van der Waals surface area contributed by atoms with Crippen LogP contribution in [0.15, 0.2) is 54.6 Å². The first kappa shape index (κ1) is 17.9. The van der Waals surface area contributed by atoms with E-state index in [1.165, 1.54) is 0 Å². The summed E-state index contributed by atoms with van der Waals surface area (Å²) in [5, 5.41) is 10.0. The van der Waals surface area contributed by atoms with Crippen LogP contribution in [0, 0.1) is 29.1 Å². The van der Waals surface area contributed by atoms with E-state index < -0.39 is 34.5 Å². The minimum absolute atomic E-state index is 0.0512. The van der Waals surface area contributed by atoms with Crippen LogP contribution in [0.2, 0.25) is 0 Å². The lowest BCUT2D eigenvalue weighted by Crippen LogP contribution is -2.40. The van der Waals surface area contributed by atoms with Gasteiger partial charge in [0.1, 0.15) is 0 Å². The van der Waals surface area contributed by atoms with E-state index in [-0.39, 0.29) is 6.61 Å². The number of fused-ring (bicyclic) bond motifs is 1. The lowest BCUT2D eigenvalue weighted by molar-refractivity contribution is -0.154. The van der Waals surface area contributed by atoms with Gasteiger partial charge in [-0.15, -0.1) is 0 Å². The number of rotatable bonds is 4. The summed E-state index contributed by atoms with van der Waals surface area (Å²) in [5.74, 6) is -3.05. The number of aryl methyl sites for hydroxylation is 1. The number of piperidine rings is 1. The second-order valence-electron chi connectivity index (χ2n) is 7.07. The average Bonchev–Trinajstić information content (AvgIpc) is 3.30. The molecule has 3 unspecified atom stereocenters. The summed E-state index contributed by atoms with van der Waals surface area (Å²) in [6.07, 6.45) is 0. The van der Waals surface area contributed by atoms with E-state index in [0.29, 0.717) is 11.3 Å². The molecule has 4 rings (SSSR count). The molecule has 0 N–H and O–H groups in total. The molecule has 2 fully saturated rings. The number of hydrogen-bond acceptors (Lipinski definition) is 5. The number of imide groups is 1. The standard InChI is InChI=1S/C22H18N2O4/c1-3-28-20(27)22-17(15-7-5-4-6-8-15)21(22,13-23)18(25)24(19(22)26)16-11-9-14(2)10-12-16/h4-12,17H,3H2,1-2H3. The first-order chi connectivity index (χ1) is 13.5. The molecule has 6 nitrogen and oxygen atoms in total. The zero-order valence-electron chi connectivity index (χ0n) is 15.5. The third-order valence-electron chi connectivity index (χ3n) is 5.68. The van der Waals surface area contributed by atoms with Crippen LogP contribution in [-0.2, 0) is 19.1 Å². The Morgan fingerprint density at radius 3 is 2.32 bits per heavy atom. The number of amides is 2. The monoisotopic (exact) mass is 374 g/mol. The molecule has 2 aliphatic rings. The van der Waals surface area contributed by atoms with Crippen molar-refractivity contribution in [3.8, 4) is 6.07 Å². The molecule has 6 heteroatoms. The maximum atomic E-state index is 13.5. The molecule has 0 spiro atoms. The fourth-order valence-corrected chi connectivity index (χ4v) is 4.39. The van der Waals surface area contributed by atoms with Crippen LogP contribution >= 0.6 is 0 Å². The summed E-state index contributed by atoms with van der Waals surface area (Å²) in [7, 11) is 0. The first-order valence-electron chi connectivity index (χ1n) is 9.05. The van der Waals surface area contributed by atoms with E-state index in [1.54, 1.807) is 61.5 Å². The lowest BCUT2D eigenvalue weighted by Gasteiger charge is -2.22. The number of nitriles is 1. The Labute approximate surface area is 162 Å². The molecule has 1 saturated carbocycles. The number of benzene rings is 2. The van der Waals surface area contributed by atoms with Gasteiger partial charge in [-0.05, 0) is 31.5 Å². The second kappa shape index (κ2) is 6.03. The molecule has 28 heavy (non-hydrogen) atoms. The first-order valence-corrected chi connectivity index (χ1v) is 9.05. The quantitative estimate of drug-likeness (QED) is 0.466. The third-order valence-corrected chi connectivity index (χ3v) is 5.68. The molecule has 1 aliphatic carbocycles. The molecule has 0 bridgehead atoms. The van der Waals surface area contributed by atoms with Gasteiger partial charge in [-0.1, -0.05) is 48.0 Å². The van der Waals surface area contributed by atoms with E-state index in [1.807, 2.05) is 13.0 Å². The van der Waals surface area contributed by atoms with E-state index in [4.69, 9.17) is 4.74 Å². The van der Waals surface area contributed by atoms with Gasteiger partial charge in [0.15, 0.2) is 10.8 Å². The number of carbonyl (C=O) groups is 3. The Morgan fingerprint density at radius 2 is 1.75 bits per heavy atom. The number of hydrogen-bond donors (Lipinski definition) is 0. The van der Waals surface area contributed by atoms with Crippen LogP contribution in [0.4, 0.5) is 5.69 Å². The predicted octanol–water partition coefficient (Wildman–Crippen LogP) is 2.73. The van der Waals surface area contributed by atoms with E-state index in [9.17, 15) is 19.6 Å². The molecule has 3 atom stereocenters. The smallest absolute Gasteiger partial charge is 0.324 e. The number of esters is 1. The van der Waals surface area contributed by atoms with Gasteiger partial charge in [-0.3, -0.25) is 14.4 Å². The summed E-state index contributed by atoms with van der Waals surface area (Å²) in [6, 6.07) is 17.6. The Kier molecular flexibility index (Phi) is 3.86. The van der Waals surface area contributed by atoms with Crippen LogP contribution < -0.4 is 4.90 Å². The Morgan fingerprint density at radius 1 is 1.11 bits per heavy atom. The Bertz CT molecular complexity index is 1020. The molecular weight excluding hydrogens is 356 g/mol. The molecule has 2 amide bonds. The molecule has 140 valence electrons.